The van der Waals surface area contributed by atoms with E-state index < -0.39 is 21.2 Å². The minimum absolute atomic E-state index is 0.0251. The predicted octanol–water partition coefficient (Wildman–Crippen LogP) is 12.9. The number of piperidine rings is 3. The molecule has 3 heterocycles. The molecule has 0 saturated carbocycles. The van der Waals surface area contributed by atoms with Gasteiger partial charge in [-0.3, -0.25) is 23.5 Å². The number of benzene rings is 3. The van der Waals surface area contributed by atoms with Crippen LogP contribution >= 0.6 is 50.5 Å². The lowest BCUT2D eigenvalue weighted by Gasteiger charge is -2.31. The van der Waals surface area contributed by atoms with Gasteiger partial charge in [-0.1, -0.05) is 61.5 Å². The van der Waals surface area contributed by atoms with Crippen molar-refractivity contribution >= 4 is 68.4 Å². The second-order valence-corrected chi connectivity index (χ2v) is 30.0. The van der Waals surface area contributed by atoms with Crippen LogP contribution in [0, 0.1) is 23.7 Å². The fourth-order valence-electron chi connectivity index (χ4n) is 10.4. The highest BCUT2D eigenvalue weighted by Gasteiger charge is 2.30. The first kappa shape index (κ1) is 76.7. The molecule has 3 aromatic carbocycles. The normalized spacial score (nSPS) is 17.0. The smallest absolute Gasteiger partial charge is 0.330 e. The Hall–Kier alpha value is -2.78. The number of carbonyl (C=O) groups is 3. The first-order chi connectivity index (χ1) is 42.1. The summed E-state index contributed by atoms with van der Waals surface area (Å²) in [7, 11) is -2.08. The van der Waals surface area contributed by atoms with Gasteiger partial charge < -0.3 is 58.0 Å². The van der Waals surface area contributed by atoms with Crippen molar-refractivity contribution in [2.24, 2.45) is 23.7 Å². The molecule has 0 spiro atoms. The first-order valence-electron chi connectivity index (χ1n) is 32.0. The monoisotopic (exact) mass is 1310 g/mol. The van der Waals surface area contributed by atoms with Gasteiger partial charge in [0.2, 0.25) is 0 Å². The number of nitrogens with zero attached hydrogens (tertiary/aromatic N) is 3. The predicted molar refractivity (Wildman–Crippen MR) is 358 cm³/mol. The molecular weight excluding hydrogens is 1200 g/mol. The maximum Gasteiger partial charge on any atom is 0.330 e. The molecular formula is C65H107N5O12P2S3. The van der Waals surface area contributed by atoms with Crippen LogP contribution in [0.15, 0.2) is 106 Å². The third kappa shape index (κ3) is 32.9. The van der Waals surface area contributed by atoms with E-state index in [-0.39, 0.29) is 55.2 Å². The SMILES string of the molecule is CCOP(=O)(CCCOC(=O)C1CCN(CC[C@@H](C)CSc2ccccc2)CC1)OCC.CCOP(=O)(CCCOC(=O)C1CCN(CC[C@H](CSc2ccccc2)NC)CC1)OCC.CN[C@H](CCN1CCC(C(=O)O)CC1)CSc1ccccc1. The van der Waals surface area contributed by atoms with Gasteiger partial charge in [-0.25, -0.2) is 0 Å². The Morgan fingerprint density at radius 3 is 1.13 bits per heavy atom. The number of carboxylic acids is 1. The van der Waals surface area contributed by atoms with Crippen molar-refractivity contribution in [3.8, 4) is 0 Å². The van der Waals surface area contributed by atoms with Gasteiger partial charge >= 0.3 is 33.1 Å². The number of hydrogen-bond acceptors (Lipinski definition) is 19. The standard InChI is InChI=1S/C24H41N2O5PS.C24H40NO5PS.C17H26N2O2S/c1-4-30-32(28,31-5-2)19-9-18-29-24(27)21-12-15-26(16-13-21)17-14-22(25-3)20-33-23-10-7-6-8-11-23;1-4-29-31(27,30-5-2)19-9-18-28-24(26)22-13-16-25(17-14-22)15-12-21(3)20-32-23-10-7-6-8-11-23;1-18-15(13-22-16-5-3-2-4-6-16)9-12-19-10-7-14(8-11-19)17(20)21/h6-8,10-11,21-22,25H,4-5,9,12-20H2,1-3H3;6-8,10-11,21-22H,4-5,9,12-20H2,1-3H3;2-6,14-15,18H,7-13H2,1H3,(H,20,21)/t22-;21-;15-/m111/s1. The number of thioether (sulfide) groups is 3. The number of carbonyl (C=O) groups excluding carboxylic acids is 2. The van der Waals surface area contributed by atoms with Crippen LogP contribution in [0.25, 0.3) is 0 Å². The molecule has 87 heavy (non-hydrogen) atoms. The Labute approximate surface area is 535 Å². The molecule has 3 aliphatic rings. The molecule has 3 aromatic rings. The van der Waals surface area contributed by atoms with Crippen LogP contribution in [0.4, 0.5) is 0 Å². The van der Waals surface area contributed by atoms with Crippen LogP contribution in [0.2, 0.25) is 0 Å². The Bertz CT molecular complexity index is 2350. The van der Waals surface area contributed by atoms with Gasteiger partial charge in [-0.2, -0.15) is 0 Å². The van der Waals surface area contributed by atoms with Gasteiger partial charge in [-0.15, -0.1) is 35.3 Å². The average Bonchev–Trinajstić information content (AvgIpc) is 3.73. The summed E-state index contributed by atoms with van der Waals surface area (Å²) in [6, 6.07) is 32.5. The van der Waals surface area contributed by atoms with E-state index in [1.54, 1.807) is 27.7 Å². The summed E-state index contributed by atoms with van der Waals surface area (Å²) in [5.41, 5.74) is 0. The minimum atomic E-state index is -3.07. The van der Waals surface area contributed by atoms with E-state index in [1.807, 2.05) is 61.5 Å². The van der Waals surface area contributed by atoms with Crippen molar-refractivity contribution < 1.29 is 56.2 Å². The van der Waals surface area contributed by atoms with Gasteiger partial charge in [-0.05, 0) is 214 Å². The van der Waals surface area contributed by atoms with Gasteiger partial charge in [0.1, 0.15) is 0 Å². The number of ether oxygens (including phenoxy) is 2. The van der Waals surface area contributed by atoms with Crippen molar-refractivity contribution in [2.45, 2.75) is 132 Å². The molecule has 3 atom stereocenters. The lowest BCUT2D eigenvalue weighted by atomic mass is 9.96. The van der Waals surface area contributed by atoms with Gasteiger partial charge in [0, 0.05) is 44.0 Å². The topological polar surface area (TPSA) is 195 Å². The first-order valence-corrected chi connectivity index (χ1v) is 38.4. The van der Waals surface area contributed by atoms with E-state index in [0.717, 1.165) is 128 Å². The van der Waals surface area contributed by atoms with E-state index in [0.29, 0.717) is 57.3 Å². The zero-order chi connectivity index (χ0) is 63.0. The lowest BCUT2D eigenvalue weighted by Crippen LogP contribution is -2.40. The summed E-state index contributed by atoms with van der Waals surface area (Å²) < 4.78 is 56.9. The second kappa shape index (κ2) is 45.5. The van der Waals surface area contributed by atoms with Crippen LogP contribution in [0.5, 0.6) is 0 Å². The van der Waals surface area contributed by atoms with Crippen molar-refractivity contribution in [3.05, 3.63) is 91.0 Å². The average molecular weight is 1310 g/mol. The molecule has 3 fully saturated rings. The Morgan fingerprint density at radius 2 is 0.816 bits per heavy atom. The van der Waals surface area contributed by atoms with Crippen LogP contribution in [-0.4, -0.2) is 192 Å². The third-order valence-electron chi connectivity index (χ3n) is 15.7. The van der Waals surface area contributed by atoms with Crippen LogP contribution in [0.1, 0.15) is 105 Å². The quantitative estimate of drug-likeness (QED) is 0.0211. The van der Waals surface area contributed by atoms with Gasteiger partial charge in [0.25, 0.3) is 0 Å². The molecule has 17 nitrogen and oxygen atoms in total. The number of nitrogens with one attached hydrogen (secondary N) is 2. The molecule has 3 aliphatic heterocycles. The molecule has 3 N–H and O–H groups in total. The fourth-order valence-corrected chi connectivity index (χ4v) is 16.8. The molecule has 6 rings (SSSR count). The number of likely N-dealkylation sites (tertiary alicyclic amines) is 3. The van der Waals surface area contributed by atoms with E-state index in [2.05, 4.69) is 111 Å². The summed E-state index contributed by atoms with van der Waals surface area (Å²) in [6.45, 7) is 20.1. The Balaban J connectivity index is 0.000000285. The molecule has 0 bridgehead atoms. The largest absolute Gasteiger partial charge is 0.481 e. The zero-order valence-corrected chi connectivity index (χ0v) is 57.7. The molecule has 22 heteroatoms. The summed E-state index contributed by atoms with van der Waals surface area (Å²) in [5.74, 6) is 2.80. The van der Waals surface area contributed by atoms with Crippen molar-refractivity contribution in [2.75, 3.05) is 142 Å². The van der Waals surface area contributed by atoms with Crippen molar-refractivity contribution in [1.29, 1.82) is 0 Å². The van der Waals surface area contributed by atoms with Crippen molar-refractivity contribution in [3.63, 3.8) is 0 Å². The van der Waals surface area contributed by atoms with E-state index in [1.165, 1.54) is 21.1 Å². The number of aliphatic carboxylic acids is 1. The number of rotatable bonds is 39. The maximum atomic E-state index is 12.4. The van der Waals surface area contributed by atoms with Crippen molar-refractivity contribution in [1.82, 2.24) is 25.3 Å². The fraction of sp³-hybridized carbons (Fsp3) is 0.677. The summed E-state index contributed by atoms with van der Waals surface area (Å²) in [4.78, 5) is 47.0. The third-order valence-corrected chi connectivity index (χ3v) is 23.8. The van der Waals surface area contributed by atoms with Crippen LogP contribution < -0.4 is 10.6 Å². The molecule has 0 radical (unpaired) electrons. The van der Waals surface area contributed by atoms with Gasteiger partial charge in [0.05, 0.1) is 69.7 Å². The van der Waals surface area contributed by atoms with Gasteiger partial charge in [0.15, 0.2) is 0 Å². The van der Waals surface area contributed by atoms with Crippen LogP contribution in [-0.2, 0) is 51.1 Å². The second-order valence-electron chi connectivity index (χ2n) is 22.4. The van der Waals surface area contributed by atoms with Crippen LogP contribution in [0.3, 0.4) is 0 Å². The minimum Gasteiger partial charge on any atom is -0.481 e. The number of carboxylic acid groups (broad SMARTS) is 1. The highest BCUT2D eigenvalue weighted by Crippen LogP contribution is 2.49. The highest BCUT2D eigenvalue weighted by molar-refractivity contribution is 7.99. The molecule has 0 amide bonds. The highest BCUT2D eigenvalue weighted by atomic mass is 32.2. The van der Waals surface area contributed by atoms with E-state index in [4.69, 9.17) is 32.7 Å². The summed E-state index contributed by atoms with van der Waals surface area (Å²) in [5, 5.41) is 15.9. The Kier molecular flexibility index (Phi) is 40.1. The Morgan fingerprint density at radius 1 is 0.506 bits per heavy atom. The molecule has 3 saturated heterocycles. The summed E-state index contributed by atoms with van der Waals surface area (Å²) in [6.07, 6.45) is 9.83. The summed E-state index contributed by atoms with van der Waals surface area (Å²) >= 11 is 5.69. The van der Waals surface area contributed by atoms with E-state index in [9.17, 15) is 23.5 Å². The van der Waals surface area contributed by atoms with E-state index >= 15 is 0 Å². The molecule has 492 valence electrons. The lowest BCUT2D eigenvalue weighted by molar-refractivity contribution is -0.151. The molecule has 0 aliphatic carbocycles. The maximum absolute atomic E-state index is 12.4. The number of esters is 2. The number of hydrogen-bond donors (Lipinski definition) is 3. The molecule has 0 aromatic heterocycles. The molecule has 0 unspecified atom stereocenters. The zero-order valence-electron chi connectivity index (χ0n) is 53.4.